The van der Waals surface area contributed by atoms with Crippen molar-refractivity contribution in [1.82, 2.24) is 0 Å². The third-order valence-electron chi connectivity index (χ3n) is 1.99. The van der Waals surface area contributed by atoms with Gasteiger partial charge in [-0.2, -0.15) is 0 Å². The Hall–Kier alpha value is -2.50. The summed E-state index contributed by atoms with van der Waals surface area (Å²) in [5.41, 5.74) is 0.130. The van der Waals surface area contributed by atoms with Gasteiger partial charge < -0.3 is 4.74 Å². The molecular weight excluding hydrogens is 226 g/mol. The third kappa shape index (κ3) is 3.23. The van der Waals surface area contributed by atoms with Crippen LogP contribution < -0.4 is 0 Å². The first-order valence-corrected chi connectivity index (χ1v) is 4.58. The molecule has 0 heterocycles. The molecule has 0 saturated heterocycles. The van der Waals surface area contributed by atoms with E-state index < -0.39 is 10.9 Å². The molecule has 0 spiro atoms. The Labute approximate surface area is 96.7 Å². The summed E-state index contributed by atoms with van der Waals surface area (Å²) in [6.07, 6.45) is 2.92. The van der Waals surface area contributed by atoms with E-state index in [9.17, 15) is 19.7 Å². The summed E-state index contributed by atoms with van der Waals surface area (Å²) in [5.74, 6) is -0.563. The lowest BCUT2D eigenvalue weighted by molar-refractivity contribution is -0.385. The number of rotatable bonds is 4. The molecule has 0 N–H and O–H groups in total. The molecule has 0 atom stereocenters. The Morgan fingerprint density at radius 1 is 1.47 bits per heavy atom. The number of ether oxygens (including phenoxy) is 1. The summed E-state index contributed by atoms with van der Waals surface area (Å²) in [4.78, 5) is 31.4. The van der Waals surface area contributed by atoms with Gasteiger partial charge in [-0.3, -0.25) is 14.9 Å². The molecule has 6 nitrogen and oxygen atoms in total. The monoisotopic (exact) mass is 235 g/mol. The second kappa shape index (κ2) is 5.55. The summed E-state index contributed by atoms with van der Waals surface area (Å²) in [7, 11) is 1.23. The van der Waals surface area contributed by atoms with Crippen LogP contribution in [0.1, 0.15) is 15.9 Å². The predicted molar refractivity (Wildman–Crippen MR) is 59.5 cm³/mol. The zero-order valence-corrected chi connectivity index (χ0v) is 8.95. The quantitative estimate of drug-likeness (QED) is 0.260. The summed E-state index contributed by atoms with van der Waals surface area (Å²) in [6.45, 7) is 0. The molecule has 0 saturated carbocycles. The van der Waals surface area contributed by atoms with Gasteiger partial charge in [0.25, 0.3) is 5.69 Å². The number of carbonyl (C=O) groups is 2. The smallest absolute Gasteiger partial charge is 0.330 e. The van der Waals surface area contributed by atoms with Crippen LogP contribution in [-0.2, 0) is 9.53 Å². The van der Waals surface area contributed by atoms with Gasteiger partial charge in [0.2, 0.25) is 0 Å². The average molecular weight is 235 g/mol. The van der Waals surface area contributed by atoms with Gasteiger partial charge in [-0.25, -0.2) is 4.79 Å². The molecule has 17 heavy (non-hydrogen) atoms. The molecule has 0 fully saturated rings. The highest BCUT2D eigenvalue weighted by Crippen LogP contribution is 2.19. The van der Waals surface area contributed by atoms with E-state index in [1.54, 1.807) is 0 Å². The van der Waals surface area contributed by atoms with Gasteiger partial charge in [0.1, 0.15) is 0 Å². The van der Waals surface area contributed by atoms with Crippen molar-refractivity contribution in [2.45, 2.75) is 0 Å². The number of methoxy groups -OCH3 is 1. The number of esters is 1. The highest BCUT2D eigenvalue weighted by molar-refractivity contribution is 5.88. The number of nitro groups is 1. The number of carbonyl (C=O) groups excluding carboxylic acids is 2. The SMILES string of the molecule is COC(=O)C=Cc1ccc(C=O)c([N+](=O)[O-])c1. The maximum Gasteiger partial charge on any atom is 0.330 e. The fourth-order valence-electron chi connectivity index (χ4n) is 1.15. The lowest BCUT2D eigenvalue weighted by Crippen LogP contribution is -1.96. The molecule has 1 rings (SSSR count). The van der Waals surface area contributed by atoms with Gasteiger partial charge in [-0.05, 0) is 17.7 Å². The summed E-state index contributed by atoms with van der Waals surface area (Å²) in [6, 6.07) is 4.03. The first-order chi connectivity index (χ1) is 8.08. The van der Waals surface area contributed by atoms with Gasteiger partial charge >= 0.3 is 5.97 Å². The van der Waals surface area contributed by atoms with E-state index in [2.05, 4.69) is 4.74 Å². The van der Waals surface area contributed by atoms with E-state index in [0.29, 0.717) is 11.8 Å². The van der Waals surface area contributed by atoms with Crippen LogP contribution in [0.25, 0.3) is 6.08 Å². The van der Waals surface area contributed by atoms with Crippen molar-refractivity contribution in [3.05, 3.63) is 45.5 Å². The number of nitro benzene ring substituents is 1. The zero-order chi connectivity index (χ0) is 12.8. The van der Waals surface area contributed by atoms with Gasteiger partial charge in [-0.1, -0.05) is 6.07 Å². The molecule has 0 amide bonds. The van der Waals surface area contributed by atoms with Crippen molar-refractivity contribution in [2.24, 2.45) is 0 Å². The summed E-state index contributed by atoms with van der Waals surface area (Å²) in [5, 5.41) is 10.7. The Balaban J connectivity index is 3.08. The van der Waals surface area contributed by atoms with E-state index in [-0.39, 0.29) is 11.3 Å². The van der Waals surface area contributed by atoms with Crippen LogP contribution in [0.15, 0.2) is 24.3 Å². The first kappa shape index (κ1) is 12.6. The Morgan fingerprint density at radius 2 is 2.18 bits per heavy atom. The van der Waals surface area contributed by atoms with Gasteiger partial charge in [-0.15, -0.1) is 0 Å². The Bertz CT molecular complexity index is 493. The van der Waals surface area contributed by atoms with E-state index in [0.717, 1.165) is 6.08 Å². The van der Waals surface area contributed by atoms with E-state index in [1.807, 2.05) is 0 Å². The number of benzene rings is 1. The van der Waals surface area contributed by atoms with Crippen molar-refractivity contribution in [3.8, 4) is 0 Å². The number of hydrogen-bond acceptors (Lipinski definition) is 5. The molecule has 0 aromatic heterocycles. The molecule has 0 aliphatic rings. The standard InChI is InChI=1S/C11H9NO5/c1-17-11(14)5-3-8-2-4-9(7-13)10(6-8)12(15)16/h2-7H,1H3. The Morgan fingerprint density at radius 3 is 2.71 bits per heavy atom. The lowest BCUT2D eigenvalue weighted by Gasteiger charge is -1.97. The van der Waals surface area contributed by atoms with Gasteiger partial charge in [0, 0.05) is 12.1 Å². The number of nitrogens with zero attached hydrogens (tertiary/aromatic N) is 1. The van der Waals surface area contributed by atoms with Crippen LogP contribution in [0.2, 0.25) is 0 Å². The first-order valence-electron chi connectivity index (χ1n) is 4.58. The molecule has 1 aromatic carbocycles. The molecule has 88 valence electrons. The molecule has 0 unspecified atom stereocenters. The van der Waals surface area contributed by atoms with Crippen molar-refractivity contribution < 1.29 is 19.2 Å². The maximum absolute atomic E-state index is 10.8. The van der Waals surface area contributed by atoms with Crippen LogP contribution in [-0.4, -0.2) is 24.3 Å². The van der Waals surface area contributed by atoms with Crippen LogP contribution in [0.5, 0.6) is 0 Å². The van der Waals surface area contributed by atoms with Gasteiger partial charge in [0.15, 0.2) is 6.29 Å². The minimum Gasteiger partial charge on any atom is -0.466 e. The zero-order valence-electron chi connectivity index (χ0n) is 8.95. The van der Waals surface area contributed by atoms with Crippen molar-refractivity contribution in [2.75, 3.05) is 7.11 Å². The van der Waals surface area contributed by atoms with E-state index in [1.165, 1.54) is 31.4 Å². The second-order valence-electron chi connectivity index (χ2n) is 3.05. The molecule has 0 bridgehead atoms. The maximum atomic E-state index is 10.8. The summed E-state index contributed by atoms with van der Waals surface area (Å²) >= 11 is 0. The predicted octanol–water partition coefficient (Wildman–Crippen LogP) is 1.59. The minimum absolute atomic E-state index is 0.00906. The molecule has 1 aromatic rings. The van der Waals surface area contributed by atoms with Crippen molar-refractivity contribution >= 4 is 24.0 Å². The van der Waals surface area contributed by atoms with E-state index in [4.69, 9.17) is 0 Å². The second-order valence-corrected chi connectivity index (χ2v) is 3.05. The largest absolute Gasteiger partial charge is 0.466 e. The normalized spacial score (nSPS) is 10.2. The van der Waals surface area contributed by atoms with Gasteiger partial charge in [0.05, 0.1) is 17.6 Å². The van der Waals surface area contributed by atoms with E-state index >= 15 is 0 Å². The summed E-state index contributed by atoms with van der Waals surface area (Å²) < 4.78 is 4.38. The van der Waals surface area contributed by atoms with Crippen molar-refractivity contribution in [3.63, 3.8) is 0 Å². The highest BCUT2D eigenvalue weighted by atomic mass is 16.6. The van der Waals surface area contributed by atoms with Crippen molar-refractivity contribution in [1.29, 1.82) is 0 Å². The lowest BCUT2D eigenvalue weighted by atomic mass is 10.1. The third-order valence-corrected chi connectivity index (χ3v) is 1.99. The minimum atomic E-state index is -0.654. The van der Waals surface area contributed by atoms with Crippen LogP contribution in [0, 0.1) is 10.1 Å². The molecule has 0 radical (unpaired) electrons. The van der Waals surface area contributed by atoms with Crippen LogP contribution in [0.4, 0.5) is 5.69 Å². The van der Waals surface area contributed by atoms with Crippen LogP contribution in [0.3, 0.4) is 0 Å². The fraction of sp³-hybridized carbons (Fsp3) is 0.0909. The Kier molecular flexibility index (Phi) is 4.10. The molecule has 6 heteroatoms. The topological polar surface area (TPSA) is 86.5 Å². The molecule has 0 aliphatic heterocycles. The average Bonchev–Trinajstić information content (AvgIpc) is 2.35. The molecule has 0 aliphatic carbocycles. The molecular formula is C11H9NO5. The fourth-order valence-corrected chi connectivity index (χ4v) is 1.15. The number of aldehydes is 1. The van der Waals surface area contributed by atoms with Crippen LogP contribution >= 0.6 is 0 Å². The number of hydrogen-bond donors (Lipinski definition) is 0. The highest BCUT2D eigenvalue weighted by Gasteiger charge is 2.12.